The van der Waals surface area contributed by atoms with E-state index in [1.165, 1.54) is 5.57 Å². The number of carbonyl (C=O) groups is 1. The lowest BCUT2D eigenvalue weighted by molar-refractivity contribution is -0.166. The fourth-order valence-electron chi connectivity index (χ4n) is 3.56. The molecule has 0 amide bonds. The van der Waals surface area contributed by atoms with Crippen molar-refractivity contribution in [3.63, 3.8) is 0 Å². The van der Waals surface area contributed by atoms with Gasteiger partial charge in [0.15, 0.2) is 0 Å². The highest BCUT2D eigenvalue weighted by molar-refractivity contribution is 6.22. The van der Waals surface area contributed by atoms with Crippen LogP contribution < -0.4 is 0 Å². The number of aromatic nitrogens is 3. The van der Waals surface area contributed by atoms with E-state index >= 15 is 0 Å². The van der Waals surface area contributed by atoms with Crippen LogP contribution in [0.15, 0.2) is 36.6 Å². The second-order valence-electron chi connectivity index (χ2n) is 7.09. The molecule has 0 saturated heterocycles. The van der Waals surface area contributed by atoms with E-state index in [0.29, 0.717) is 29.2 Å². The molecule has 2 heterocycles. The first-order valence-electron chi connectivity index (χ1n) is 9.08. The van der Waals surface area contributed by atoms with E-state index in [1.807, 2.05) is 6.92 Å². The highest BCUT2D eigenvalue weighted by atomic mass is 35.5. The predicted octanol–water partition coefficient (Wildman–Crippen LogP) is 4.68. The van der Waals surface area contributed by atoms with Gasteiger partial charge in [0.05, 0.1) is 22.2 Å². The Hall–Kier alpha value is -2.28. The van der Waals surface area contributed by atoms with Crippen molar-refractivity contribution in [1.29, 1.82) is 0 Å². The molecule has 1 fully saturated rings. The molecule has 1 aliphatic rings. The number of carboxylic acid groups (broad SMARTS) is 1. The lowest BCUT2D eigenvalue weighted by atomic mass is 9.91. The molecule has 2 unspecified atom stereocenters. The number of nitrogens with zero attached hydrogens (tertiary/aromatic N) is 3. The predicted molar refractivity (Wildman–Crippen MR) is 104 cm³/mol. The summed E-state index contributed by atoms with van der Waals surface area (Å²) in [6.07, 6.45) is 6.82. The maximum absolute atomic E-state index is 14.0. The zero-order valence-corrected chi connectivity index (χ0v) is 16.5. The number of halogens is 3. The molecular formula is C20H22ClF2N3O2. The quantitative estimate of drug-likeness (QED) is 0.507. The zero-order chi connectivity index (χ0) is 20.6. The molecule has 5 nitrogen and oxygen atoms in total. The Morgan fingerprint density at radius 2 is 2.21 bits per heavy atom. The summed E-state index contributed by atoms with van der Waals surface area (Å²) >= 11 is 6.52. The van der Waals surface area contributed by atoms with E-state index in [0.717, 1.165) is 25.1 Å². The van der Waals surface area contributed by atoms with Gasteiger partial charge >= 0.3 is 11.9 Å². The number of allylic oxidation sites excluding steroid dienone is 3. The minimum absolute atomic E-state index is 0.0946. The van der Waals surface area contributed by atoms with Gasteiger partial charge in [0.2, 0.25) is 0 Å². The first-order valence-corrected chi connectivity index (χ1v) is 9.51. The molecule has 150 valence electrons. The molecule has 28 heavy (non-hydrogen) atoms. The van der Waals surface area contributed by atoms with Crippen molar-refractivity contribution in [2.75, 3.05) is 0 Å². The van der Waals surface area contributed by atoms with Crippen LogP contribution in [0.5, 0.6) is 0 Å². The number of carboxylic acids is 1. The van der Waals surface area contributed by atoms with Gasteiger partial charge in [0.1, 0.15) is 5.52 Å². The number of hydrogen-bond acceptors (Lipinski definition) is 3. The lowest BCUT2D eigenvalue weighted by Crippen LogP contribution is -2.26. The van der Waals surface area contributed by atoms with Crippen LogP contribution in [0, 0.1) is 18.8 Å². The summed E-state index contributed by atoms with van der Waals surface area (Å²) in [5.41, 5.74) is 1.94. The fourth-order valence-corrected chi connectivity index (χ4v) is 3.78. The summed E-state index contributed by atoms with van der Waals surface area (Å²) in [6, 6.07) is 1.15. The van der Waals surface area contributed by atoms with E-state index in [9.17, 15) is 13.6 Å². The summed E-state index contributed by atoms with van der Waals surface area (Å²) in [5.74, 6) is -5.86. The first kappa shape index (κ1) is 20.5. The molecule has 1 saturated carbocycles. The van der Waals surface area contributed by atoms with E-state index in [1.54, 1.807) is 17.7 Å². The van der Waals surface area contributed by atoms with Crippen LogP contribution >= 0.6 is 11.6 Å². The van der Waals surface area contributed by atoms with Crippen LogP contribution in [0.25, 0.3) is 11.0 Å². The van der Waals surface area contributed by atoms with Crippen molar-refractivity contribution < 1.29 is 18.7 Å². The van der Waals surface area contributed by atoms with Gasteiger partial charge in [0, 0.05) is 18.7 Å². The number of pyridine rings is 1. The standard InChI is InChI=1S/C20H22ClF2N3O2/c1-4-14(12-6-7-12)15(16(21)5-2)10-26-17-8-13(20(22,23)19(27)28)9-24-18(17)11(3)25-26/h4-5,8-9,12,15-16H,2,6-7,10H2,1,3H3,(H,27,28)/b14-4-. The van der Waals surface area contributed by atoms with Crippen molar-refractivity contribution in [2.24, 2.45) is 11.8 Å². The second kappa shape index (κ2) is 7.62. The highest BCUT2D eigenvalue weighted by Crippen LogP contribution is 2.43. The van der Waals surface area contributed by atoms with E-state index in [-0.39, 0.29) is 11.3 Å². The molecule has 1 N–H and O–H groups in total. The van der Waals surface area contributed by atoms with Crippen molar-refractivity contribution in [3.8, 4) is 0 Å². The molecule has 2 atom stereocenters. The Morgan fingerprint density at radius 3 is 2.75 bits per heavy atom. The Labute approximate surface area is 166 Å². The maximum Gasteiger partial charge on any atom is 0.379 e. The molecule has 0 bridgehead atoms. The number of alkyl halides is 3. The maximum atomic E-state index is 14.0. The van der Waals surface area contributed by atoms with Crippen LogP contribution in [0.1, 0.15) is 31.0 Å². The lowest BCUT2D eigenvalue weighted by Gasteiger charge is -2.24. The van der Waals surface area contributed by atoms with Crippen molar-refractivity contribution >= 4 is 28.6 Å². The first-order chi connectivity index (χ1) is 13.2. The van der Waals surface area contributed by atoms with E-state index in [4.69, 9.17) is 16.7 Å². The van der Waals surface area contributed by atoms with Gasteiger partial charge in [-0.25, -0.2) is 4.79 Å². The smallest absolute Gasteiger partial charge is 0.379 e. The van der Waals surface area contributed by atoms with Gasteiger partial charge in [-0.3, -0.25) is 9.67 Å². The third-order valence-corrected chi connectivity index (χ3v) is 5.66. The summed E-state index contributed by atoms with van der Waals surface area (Å²) in [5, 5.41) is 12.9. The van der Waals surface area contributed by atoms with Gasteiger partial charge < -0.3 is 5.11 Å². The minimum Gasteiger partial charge on any atom is -0.477 e. The highest BCUT2D eigenvalue weighted by Gasteiger charge is 2.42. The van der Waals surface area contributed by atoms with Crippen molar-refractivity contribution in [3.05, 3.63) is 47.8 Å². The molecule has 0 aromatic carbocycles. The number of rotatable bonds is 8. The van der Waals surface area contributed by atoms with Crippen LogP contribution in [0.2, 0.25) is 0 Å². The zero-order valence-electron chi connectivity index (χ0n) is 15.7. The van der Waals surface area contributed by atoms with Crippen LogP contribution in [0.4, 0.5) is 8.78 Å². The normalized spacial score (nSPS) is 17.5. The molecule has 2 aromatic rings. The SMILES string of the molecule is C=CC(Cl)C(Cn1nc(C)c2ncc(C(F)(F)C(=O)O)cc21)/C(=C\C)C1CC1. The Balaban J connectivity index is 2.06. The largest absolute Gasteiger partial charge is 0.477 e. The Bertz CT molecular complexity index is 950. The third-order valence-electron chi connectivity index (χ3n) is 5.18. The summed E-state index contributed by atoms with van der Waals surface area (Å²) < 4.78 is 29.5. The van der Waals surface area contributed by atoms with Gasteiger partial charge in [-0.05, 0) is 38.7 Å². The molecule has 0 radical (unpaired) electrons. The van der Waals surface area contributed by atoms with Gasteiger partial charge in [-0.15, -0.1) is 18.2 Å². The average Bonchev–Trinajstić information content (AvgIpc) is 3.45. The van der Waals surface area contributed by atoms with Crippen LogP contribution in [-0.4, -0.2) is 31.2 Å². The summed E-state index contributed by atoms with van der Waals surface area (Å²) in [6.45, 7) is 7.85. The molecular weight excluding hydrogens is 388 g/mol. The Kier molecular flexibility index (Phi) is 5.57. The Morgan fingerprint density at radius 1 is 1.54 bits per heavy atom. The van der Waals surface area contributed by atoms with Gasteiger partial charge in [0.25, 0.3) is 0 Å². The minimum atomic E-state index is -4.03. The van der Waals surface area contributed by atoms with Gasteiger partial charge in [-0.2, -0.15) is 13.9 Å². The average molecular weight is 410 g/mol. The second-order valence-corrected chi connectivity index (χ2v) is 7.59. The number of hydrogen-bond donors (Lipinski definition) is 1. The monoisotopic (exact) mass is 409 g/mol. The molecule has 2 aromatic heterocycles. The van der Waals surface area contributed by atoms with Gasteiger partial charge in [-0.1, -0.05) is 17.7 Å². The third kappa shape index (κ3) is 3.68. The molecule has 3 rings (SSSR count). The molecule has 0 spiro atoms. The fraction of sp³-hybridized carbons (Fsp3) is 0.450. The van der Waals surface area contributed by atoms with E-state index in [2.05, 4.69) is 22.7 Å². The van der Waals surface area contributed by atoms with Crippen LogP contribution in [0.3, 0.4) is 0 Å². The van der Waals surface area contributed by atoms with Crippen LogP contribution in [-0.2, 0) is 17.3 Å². The molecule has 8 heteroatoms. The molecule has 0 aliphatic heterocycles. The van der Waals surface area contributed by atoms with E-state index < -0.39 is 17.5 Å². The van der Waals surface area contributed by atoms with Crippen molar-refractivity contribution in [1.82, 2.24) is 14.8 Å². The van der Waals surface area contributed by atoms with Crippen molar-refractivity contribution in [2.45, 2.75) is 44.5 Å². The molecule has 1 aliphatic carbocycles. The summed E-state index contributed by atoms with van der Waals surface area (Å²) in [4.78, 5) is 15.0. The number of aliphatic carboxylic acids is 1. The topological polar surface area (TPSA) is 68.0 Å². The summed E-state index contributed by atoms with van der Waals surface area (Å²) in [7, 11) is 0. The number of aryl methyl sites for hydroxylation is 1. The number of fused-ring (bicyclic) bond motifs is 1.